The van der Waals surface area contributed by atoms with Gasteiger partial charge in [-0.2, -0.15) is 0 Å². The molecule has 0 spiro atoms. The first-order chi connectivity index (χ1) is 11.4. The van der Waals surface area contributed by atoms with E-state index in [1.54, 1.807) is 31.2 Å². The molecule has 0 bridgehead atoms. The first-order valence-electron chi connectivity index (χ1n) is 7.20. The van der Waals surface area contributed by atoms with Crippen LogP contribution in [0.2, 0.25) is 0 Å². The summed E-state index contributed by atoms with van der Waals surface area (Å²) in [5.41, 5.74) is 1.05. The lowest BCUT2D eigenvalue weighted by molar-refractivity contribution is -0.384. The minimum absolute atomic E-state index is 0.0509. The summed E-state index contributed by atoms with van der Waals surface area (Å²) in [4.78, 5) is 33.4. The molecule has 1 atom stereocenters. The van der Waals surface area contributed by atoms with E-state index in [1.165, 1.54) is 31.2 Å². The number of benzene rings is 2. The first-order valence-corrected chi connectivity index (χ1v) is 7.20. The third kappa shape index (κ3) is 4.39. The molecular formula is C17H16N2O5. The average Bonchev–Trinajstić information content (AvgIpc) is 2.55. The second kappa shape index (κ2) is 7.36. The Morgan fingerprint density at radius 1 is 1.08 bits per heavy atom. The molecule has 1 N–H and O–H groups in total. The quantitative estimate of drug-likeness (QED) is 0.499. The lowest BCUT2D eigenvalue weighted by atomic mass is 10.1. The zero-order valence-electron chi connectivity index (χ0n) is 13.2. The van der Waals surface area contributed by atoms with Gasteiger partial charge in [0, 0.05) is 23.4 Å². The van der Waals surface area contributed by atoms with Crippen LogP contribution in [-0.2, 0) is 4.79 Å². The second-order valence-corrected chi connectivity index (χ2v) is 5.13. The van der Waals surface area contributed by atoms with E-state index in [0.717, 1.165) is 0 Å². The maximum Gasteiger partial charge on any atom is 0.269 e. The monoisotopic (exact) mass is 328 g/mol. The molecule has 0 saturated heterocycles. The Kier molecular flexibility index (Phi) is 5.26. The SMILES string of the molecule is CC(=O)c1ccc(NC(=O)[C@@H](C)Oc2ccc([N+](=O)[O-])cc2)cc1. The number of rotatable bonds is 6. The van der Waals surface area contributed by atoms with Crippen LogP contribution in [0, 0.1) is 10.1 Å². The summed E-state index contributed by atoms with van der Waals surface area (Å²) < 4.78 is 5.46. The van der Waals surface area contributed by atoms with E-state index in [-0.39, 0.29) is 17.4 Å². The van der Waals surface area contributed by atoms with Gasteiger partial charge in [0.05, 0.1) is 4.92 Å². The topological polar surface area (TPSA) is 98.5 Å². The third-order valence-electron chi connectivity index (χ3n) is 3.29. The predicted octanol–water partition coefficient (Wildman–Crippen LogP) is 3.20. The van der Waals surface area contributed by atoms with Crippen LogP contribution < -0.4 is 10.1 Å². The molecule has 2 rings (SSSR count). The van der Waals surface area contributed by atoms with E-state index in [0.29, 0.717) is 17.0 Å². The number of hydrogen-bond donors (Lipinski definition) is 1. The number of amides is 1. The Labute approximate surface area is 138 Å². The van der Waals surface area contributed by atoms with Crippen molar-refractivity contribution in [3.05, 3.63) is 64.2 Å². The van der Waals surface area contributed by atoms with Gasteiger partial charge >= 0.3 is 0 Å². The molecule has 7 nitrogen and oxygen atoms in total. The van der Waals surface area contributed by atoms with Crippen LogP contribution in [0.25, 0.3) is 0 Å². The zero-order valence-corrected chi connectivity index (χ0v) is 13.2. The maximum atomic E-state index is 12.1. The van der Waals surface area contributed by atoms with Gasteiger partial charge in [-0.05, 0) is 50.2 Å². The van der Waals surface area contributed by atoms with Crippen LogP contribution >= 0.6 is 0 Å². The first kappa shape index (κ1) is 17.1. The van der Waals surface area contributed by atoms with Crippen LogP contribution in [0.3, 0.4) is 0 Å². The number of nitrogens with zero attached hydrogens (tertiary/aromatic N) is 1. The number of anilines is 1. The second-order valence-electron chi connectivity index (χ2n) is 5.13. The molecule has 7 heteroatoms. The number of nitro groups is 1. The van der Waals surface area contributed by atoms with Crippen molar-refractivity contribution >= 4 is 23.1 Å². The highest BCUT2D eigenvalue weighted by Gasteiger charge is 2.15. The fraction of sp³-hybridized carbons (Fsp3) is 0.176. The highest BCUT2D eigenvalue weighted by Crippen LogP contribution is 2.19. The molecule has 0 radical (unpaired) electrons. The lowest BCUT2D eigenvalue weighted by Crippen LogP contribution is -2.30. The van der Waals surface area contributed by atoms with Crippen molar-refractivity contribution in [1.82, 2.24) is 0 Å². The average molecular weight is 328 g/mol. The van der Waals surface area contributed by atoms with E-state index in [4.69, 9.17) is 4.74 Å². The van der Waals surface area contributed by atoms with Gasteiger partial charge in [-0.1, -0.05) is 0 Å². The Hall–Kier alpha value is -3.22. The van der Waals surface area contributed by atoms with Crippen LogP contribution in [0.4, 0.5) is 11.4 Å². The third-order valence-corrected chi connectivity index (χ3v) is 3.29. The summed E-state index contributed by atoms with van der Waals surface area (Å²) in [7, 11) is 0. The molecule has 2 aromatic rings. The van der Waals surface area contributed by atoms with Crippen molar-refractivity contribution in [2.75, 3.05) is 5.32 Å². The van der Waals surface area contributed by atoms with Gasteiger partial charge in [0.2, 0.25) is 0 Å². The lowest BCUT2D eigenvalue weighted by Gasteiger charge is -2.14. The van der Waals surface area contributed by atoms with Crippen molar-refractivity contribution in [2.45, 2.75) is 20.0 Å². The summed E-state index contributed by atoms with van der Waals surface area (Å²) >= 11 is 0. The van der Waals surface area contributed by atoms with Crippen LogP contribution in [0.15, 0.2) is 48.5 Å². The van der Waals surface area contributed by atoms with Crippen LogP contribution in [0.5, 0.6) is 5.75 Å². The normalized spacial score (nSPS) is 11.4. The highest BCUT2D eigenvalue weighted by molar-refractivity contribution is 5.96. The smallest absolute Gasteiger partial charge is 0.269 e. The minimum Gasteiger partial charge on any atom is -0.481 e. The summed E-state index contributed by atoms with van der Waals surface area (Å²) in [6.45, 7) is 3.04. The minimum atomic E-state index is -0.793. The van der Waals surface area contributed by atoms with Crippen molar-refractivity contribution in [3.63, 3.8) is 0 Å². The van der Waals surface area contributed by atoms with Gasteiger partial charge in [0.25, 0.3) is 11.6 Å². The van der Waals surface area contributed by atoms with E-state index in [9.17, 15) is 19.7 Å². The Morgan fingerprint density at radius 3 is 2.17 bits per heavy atom. The van der Waals surface area contributed by atoms with Gasteiger partial charge in [0.1, 0.15) is 5.75 Å². The molecule has 0 aromatic heterocycles. The number of carbonyl (C=O) groups is 2. The van der Waals surface area contributed by atoms with E-state index >= 15 is 0 Å². The van der Waals surface area contributed by atoms with Crippen LogP contribution in [0.1, 0.15) is 24.2 Å². The van der Waals surface area contributed by atoms with Gasteiger partial charge in [-0.15, -0.1) is 0 Å². The molecule has 0 heterocycles. The number of ketones is 1. The van der Waals surface area contributed by atoms with Gasteiger partial charge in [-0.25, -0.2) is 0 Å². The molecule has 0 aliphatic heterocycles. The zero-order chi connectivity index (χ0) is 17.7. The molecule has 0 fully saturated rings. The fourth-order valence-corrected chi connectivity index (χ4v) is 1.94. The maximum absolute atomic E-state index is 12.1. The van der Waals surface area contributed by atoms with E-state index in [2.05, 4.69) is 5.32 Å². The standard InChI is InChI=1S/C17H16N2O5/c1-11(20)13-3-5-14(6-4-13)18-17(21)12(2)24-16-9-7-15(8-10-16)19(22)23/h3-10,12H,1-2H3,(H,18,21)/t12-/m1/s1. The number of hydrogen-bond acceptors (Lipinski definition) is 5. The summed E-state index contributed by atoms with van der Waals surface area (Å²) in [5, 5.41) is 13.3. The van der Waals surface area contributed by atoms with Gasteiger partial charge in [-0.3, -0.25) is 19.7 Å². The largest absolute Gasteiger partial charge is 0.481 e. The Balaban J connectivity index is 1.96. The summed E-state index contributed by atoms with van der Waals surface area (Å²) in [6, 6.07) is 12.0. The fourth-order valence-electron chi connectivity index (χ4n) is 1.94. The highest BCUT2D eigenvalue weighted by atomic mass is 16.6. The number of carbonyl (C=O) groups excluding carboxylic acids is 2. The van der Waals surface area contributed by atoms with Gasteiger partial charge < -0.3 is 10.1 Å². The number of non-ortho nitro benzene ring substituents is 1. The summed E-state index contributed by atoms with van der Waals surface area (Å²) in [6.07, 6.45) is -0.793. The molecule has 0 unspecified atom stereocenters. The number of ether oxygens (including phenoxy) is 1. The van der Waals surface area contributed by atoms with Gasteiger partial charge in [0.15, 0.2) is 11.9 Å². The van der Waals surface area contributed by atoms with Crippen molar-refractivity contribution in [1.29, 1.82) is 0 Å². The molecule has 0 aliphatic carbocycles. The van der Waals surface area contributed by atoms with E-state index in [1.807, 2.05) is 0 Å². The van der Waals surface area contributed by atoms with Crippen molar-refractivity contribution in [2.24, 2.45) is 0 Å². The molecule has 1 amide bonds. The number of Topliss-reactive ketones (excluding diaryl/α,β-unsaturated/α-hetero) is 1. The number of nitro benzene ring substituents is 1. The van der Waals surface area contributed by atoms with E-state index < -0.39 is 11.0 Å². The molecule has 124 valence electrons. The number of nitrogens with one attached hydrogen (secondary N) is 1. The van der Waals surface area contributed by atoms with Crippen LogP contribution in [-0.4, -0.2) is 22.7 Å². The Morgan fingerprint density at radius 2 is 1.67 bits per heavy atom. The predicted molar refractivity (Wildman–Crippen MR) is 88.3 cm³/mol. The molecule has 24 heavy (non-hydrogen) atoms. The molecular weight excluding hydrogens is 312 g/mol. The van der Waals surface area contributed by atoms with Crippen molar-refractivity contribution in [3.8, 4) is 5.75 Å². The Bertz CT molecular complexity index is 754. The molecule has 0 saturated carbocycles. The molecule has 2 aromatic carbocycles. The molecule has 0 aliphatic rings. The summed E-state index contributed by atoms with van der Waals surface area (Å²) in [5.74, 6) is -0.0677. The van der Waals surface area contributed by atoms with Crippen molar-refractivity contribution < 1.29 is 19.2 Å².